The van der Waals surface area contributed by atoms with Gasteiger partial charge in [0.2, 0.25) is 0 Å². The molecule has 0 bridgehead atoms. The van der Waals surface area contributed by atoms with E-state index >= 15 is 0 Å². The standard InChI is InChI=1S/C14H20ClN/c1-10(11-4-5-11)16-14(2,3)12-6-8-13(15)9-7-12/h6-11,16H,4-5H2,1-3H3. The van der Waals surface area contributed by atoms with Gasteiger partial charge in [0.25, 0.3) is 0 Å². The van der Waals surface area contributed by atoms with Gasteiger partial charge in [0, 0.05) is 16.6 Å². The van der Waals surface area contributed by atoms with E-state index in [0.717, 1.165) is 10.9 Å². The highest BCUT2D eigenvalue weighted by Gasteiger charge is 2.32. The maximum Gasteiger partial charge on any atom is 0.0406 e. The highest BCUT2D eigenvalue weighted by atomic mass is 35.5. The molecule has 2 heteroatoms. The summed E-state index contributed by atoms with van der Waals surface area (Å²) in [7, 11) is 0. The first-order valence-electron chi connectivity index (χ1n) is 6.03. The maximum absolute atomic E-state index is 5.91. The van der Waals surface area contributed by atoms with Crippen molar-refractivity contribution in [1.82, 2.24) is 5.32 Å². The van der Waals surface area contributed by atoms with E-state index < -0.39 is 0 Å². The molecular formula is C14H20ClN. The molecule has 88 valence electrons. The van der Waals surface area contributed by atoms with E-state index in [1.807, 2.05) is 12.1 Å². The molecule has 1 atom stereocenters. The number of benzene rings is 1. The normalized spacial score (nSPS) is 18.5. The minimum Gasteiger partial charge on any atom is -0.305 e. The van der Waals surface area contributed by atoms with Gasteiger partial charge in [-0.2, -0.15) is 0 Å². The maximum atomic E-state index is 5.91. The summed E-state index contributed by atoms with van der Waals surface area (Å²) in [6.45, 7) is 6.75. The molecule has 1 N–H and O–H groups in total. The van der Waals surface area contributed by atoms with E-state index in [0.29, 0.717) is 6.04 Å². The largest absolute Gasteiger partial charge is 0.305 e. The minimum absolute atomic E-state index is 0.0204. The van der Waals surface area contributed by atoms with Crippen LogP contribution in [0.1, 0.15) is 39.2 Å². The summed E-state index contributed by atoms with van der Waals surface area (Å²) < 4.78 is 0. The van der Waals surface area contributed by atoms with E-state index in [-0.39, 0.29) is 5.54 Å². The van der Waals surface area contributed by atoms with Crippen LogP contribution in [0.2, 0.25) is 5.02 Å². The number of nitrogens with one attached hydrogen (secondary N) is 1. The fraction of sp³-hybridized carbons (Fsp3) is 0.571. The summed E-state index contributed by atoms with van der Waals surface area (Å²) in [5.74, 6) is 0.881. The van der Waals surface area contributed by atoms with Crippen LogP contribution < -0.4 is 5.32 Å². The number of hydrogen-bond acceptors (Lipinski definition) is 1. The Labute approximate surface area is 103 Å². The Hall–Kier alpha value is -0.530. The van der Waals surface area contributed by atoms with Crippen LogP contribution in [0, 0.1) is 5.92 Å². The van der Waals surface area contributed by atoms with Crippen molar-refractivity contribution >= 4 is 11.6 Å². The predicted molar refractivity (Wildman–Crippen MR) is 69.8 cm³/mol. The van der Waals surface area contributed by atoms with Crippen molar-refractivity contribution in [3.8, 4) is 0 Å². The Balaban J connectivity index is 2.07. The van der Waals surface area contributed by atoms with Crippen molar-refractivity contribution in [3.63, 3.8) is 0 Å². The third kappa shape index (κ3) is 2.78. The first kappa shape index (κ1) is 11.9. The molecule has 2 rings (SSSR count). The van der Waals surface area contributed by atoms with Gasteiger partial charge < -0.3 is 5.32 Å². The molecule has 1 aromatic carbocycles. The third-order valence-electron chi connectivity index (χ3n) is 3.48. The van der Waals surface area contributed by atoms with E-state index in [9.17, 15) is 0 Å². The zero-order valence-corrected chi connectivity index (χ0v) is 11.0. The summed E-state index contributed by atoms with van der Waals surface area (Å²) >= 11 is 5.91. The van der Waals surface area contributed by atoms with Gasteiger partial charge in [-0.05, 0) is 57.2 Å². The molecule has 0 aliphatic heterocycles. The van der Waals surface area contributed by atoms with Crippen LogP contribution in [0.4, 0.5) is 0 Å². The van der Waals surface area contributed by atoms with E-state index in [1.165, 1.54) is 18.4 Å². The summed E-state index contributed by atoms with van der Waals surface area (Å²) in [4.78, 5) is 0. The molecule has 0 saturated heterocycles. The Morgan fingerprint density at radius 1 is 1.25 bits per heavy atom. The minimum atomic E-state index is 0.0204. The monoisotopic (exact) mass is 237 g/mol. The molecule has 1 aromatic rings. The quantitative estimate of drug-likeness (QED) is 0.836. The second-order valence-corrected chi connectivity index (χ2v) is 5.84. The number of hydrogen-bond donors (Lipinski definition) is 1. The van der Waals surface area contributed by atoms with Crippen LogP contribution in [0.15, 0.2) is 24.3 Å². The van der Waals surface area contributed by atoms with Crippen LogP contribution in [0.25, 0.3) is 0 Å². The molecule has 0 aromatic heterocycles. The smallest absolute Gasteiger partial charge is 0.0406 e. The van der Waals surface area contributed by atoms with E-state index in [1.54, 1.807) is 0 Å². The topological polar surface area (TPSA) is 12.0 Å². The summed E-state index contributed by atoms with van der Waals surface area (Å²) in [6.07, 6.45) is 2.76. The molecular weight excluding hydrogens is 218 g/mol. The van der Waals surface area contributed by atoms with Crippen molar-refractivity contribution < 1.29 is 0 Å². The lowest BCUT2D eigenvalue weighted by Gasteiger charge is -2.31. The van der Waals surface area contributed by atoms with Gasteiger partial charge in [-0.1, -0.05) is 23.7 Å². The number of halogens is 1. The summed E-state index contributed by atoms with van der Waals surface area (Å²) in [6, 6.07) is 8.74. The molecule has 16 heavy (non-hydrogen) atoms. The lowest BCUT2D eigenvalue weighted by atomic mass is 9.93. The lowest BCUT2D eigenvalue weighted by molar-refractivity contribution is 0.332. The molecule has 1 saturated carbocycles. The third-order valence-corrected chi connectivity index (χ3v) is 3.74. The SMILES string of the molecule is CC(NC(C)(C)c1ccc(Cl)cc1)C1CC1. The van der Waals surface area contributed by atoms with Gasteiger partial charge >= 0.3 is 0 Å². The van der Waals surface area contributed by atoms with Crippen molar-refractivity contribution in [2.45, 2.75) is 45.2 Å². The van der Waals surface area contributed by atoms with Crippen LogP contribution >= 0.6 is 11.6 Å². The summed E-state index contributed by atoms with van der Waals surface area (Å²) in [5, 5.41) is 4.51. The Morgan fingerprint density at radius 3 is 2.31 bits per heavy atom. The molecule has 1 aliphatic rings. The Morgan fingerprint density at radius 2 is 1.81 bits per heavy atom. The Bertz CT molecular complexity index is 352. The molecule has 0 spiro atoms. The highest BCUT2D eigenvalue weighted by Crippen LogP contribution is 2.34. The predicted octanol–water partition coefficient (Wildman–Crippen LogP) is 3.96. The fourth-order valence-corrected chi connectivity index (χ4v) is 2.36. The van der Waals surface area contributed by atoms with Gasteiger partial charge in [0.15, 0.2) is 0 Å². The fourth-order valence-electron chi connectivity index (χ4n) is 2.23. The first-order valence-corrected chi connectivity index (χ1v) is 6.40. The first-order chi connectivity index (χ1) is 7.49. The number of rotatable bonds is 4. The zero-order valence-electron chi connectivity index (χ0n) is 10.3. The van der Waals surface area contributed by atoms with E-state index in [2.05, 4.69) is 38.2 Å². The van der Waals surface area contributed by atoms with Gasteiger partial charge in [0.1, 0.15) is 0 Å². The molecule has 0 amide bonds. The second kappa shape index (κ2) is 4.38. The van der Waals surface area contributed by atoms with E-state index in [4.69, 9.17) is 11.6 Å². The molecule has 1 aliphatic carbocycles. The van der Waals surface area contributed by atoms with Crippen LogP contribution in [0.3, 0.4) is 0 Å². The average Bonchev–Trinajstić information content (AvgIpc) is 3.00. The van der Waals surface area contributed by atoms with Gasteiger partial charge in [0.05, 0.1) is 0 Å². The van der Waals surface area contributed by atoms with Gasteiger partial charge in [-0.15, -0.1) is 0 Å². The lowest BCUT2D eigenvalue weighted by Crippen LogP contribution is -2.43. The molecule has 0 heterocycles. The highest BCUT2D eigenvalue weighted by molar-refractivity contribution is 6.30. The Kier molecular flexibility index (Phi) is 3.27. The molecule has 1 unspecified atom stereocenters. The van der Waals surface area contributed by atoms with Crippen molar-refractivity contribution in [2.24, 2.45) is 5.92 Å². The molecule has 1 fully saturated rings. The van der Waals surface area contributed by atoms with Crippen LogP contribution in [0.5, 0.6) is 0 Å². The van der Waals surface area contributed by atoms with Crippen LogP contribution in [-0.4, -0.2) is 6.04 Å². The molecule has 0 radical (unpaired) electrons. The zero-order chi connectivity index (χ0) is 11.8. The summed E-state index contributed by atoms with van der Waals surface area (Å²) in [5.41, 5.74) is 1.32. The van der Waals surface area contributed by atoms with Crippen molar-refractivity contribution in [3.05, 3.63) is 34.9 Å². The van der Waals surface area contributed by atoms with Gasteiger partial charge in [-0.25, -0.2) is 0 Å². The van der Waals surface area contributed by atoms with Crippen molar-refractivity contribution in [1.29, 1.82) is 0 Å². The average molecular weight is 238 g/mol. The van der Waals surface area contributed by atoms with Crippen molar-refractivity contribution in [2.75, 3.05) is 0 Å². The van der Waals surface area contributed by atoms with Crippen LogP contribution in [-0.2, 0) is 5.54 Å². The second-order valence-electron chi connectivity index (χ2n) is 5.40. The molecule has 1 nitrogen and oxygen atoms in total. The van der Waals surface area contributed by atoms with Gasteiger partial charge in [-0.3, -0.25) is 0 Å².